The van der Waals surface area contributed by atoms with Crippen molar-refractivity contribution in [1.29, 1.82) is 0 Å². The minimum atomic E-state index is -1.26. The van der Waals surface area contributed by atoms with Crippen LogP contribution in [0.4, 0.5) is 0 Å². The molecule has 2 aromatic carbocycles. The first-order valence-corrected chi connectivity index (χ1v) is 7.15. The summed E-state index contributed by atoms with van der Waals surface area (Å²) in [6.45, 7) is 3.61. The quantitative estimate of drug-likeness (QED) is 0.912. The number of ketones is 1. The molecular weight excluding hydrogens is 260 g/mol. The molecule has 0 fully saturated rings. The van der Waals surface area contributed by atoms with E-state index in [2.05, 4.69) is 0 Å². The summed E-state index contributed by atoms with van der Waals surface area (Å²) in [6, 6.07) is 19.1. The van der Waals surface area contributed by atoms with Crippen molar-refractivity contribution in [2.24, 2.45) is 5.92 Å². The lowest BCUT2D eigenvalue weighted by molar-refractivity contribution is -0.122. The van der Waals surface area contributed by atoms with Gasteiger partial charge in [0.1, 0.15) is 5.60 Å². The summed E-state index contributed by atoms with van der Waals surface area (Å²) in [5, 5.41) is 11.4. The third kappa shape index (κ3) is 1.95. The molecule has 3 rings (SSSR count). The van der Waals surface area contributed by atoms with E-state index in [9.17, 15) is 9.90 Å². The fourth-order valence-corrected chi connectivity index (χ4v) is 3.27. The summed E-state index contributed by atoms with van der Waals surface area (Å²) >= 11 is 0. The highest BCUT2D eigenvalue weighted by Crippen LogP contribution is 2.49. The lowest BCUT2D eigenvalue weighted by Crippen LogP contribution is -2.33. The summed E-state index contributed by atoms with van der Waals surface area (Å²) in [4.78, 5) is 12.5. The van der Waals surface area contributed by atoms with Crippen molar-refractivity contribution in [3.8, 4) is 0 Å². The van der Waals surface area contributed by atoms with E-state index in [1.165, 1.54) is 0 Å². The molecule has 0 amide bonds. The number of carbonyl (C=O) groups is 1. The van der Waals surface area contributed by atoms with Gasteiger partial charge >= 0.3 is 0 Å². The van der Waals surface area contributed by atoms with E-state index >= 15 is 0 Å². The minimum absolute atomic E-state index is 0.0141. The molecule has 0 spiro atoms. The van der Waals surface area contributed by atoms with E-state index in [1.54, 1.807) is 6.92 Å². The van der Waals surface area contributed by atoms with Gasteiger partial charge in [0.25, 0.3) is 0 Å². The summed E-state index contributed by atoms with van der Waals surface area (Å²) in [5.74, 6) is -0.463. The SMILES string of the molecule is CC1=C(c2ccccc2)[C@@](O)(c2ccccc2)[C@@H](C)C1=O. The van der Waals surface area contributed by atoms with Crippen LogP contribution in [-0.2, 0) is 10.4 Å². The average Bonchev–Trinajstić information content (AvgIpc) is 2.71. The second-order valence-corrected chi connectivity index (χ2v) is 5.58. The van der Waals surface area contributed by atoms with Crippen molar-refractivity contribution < 1.29 is 9.90 Å². The monoisotopic (exact) mass is 278 g/mol. The van der Waals surface area contributed by atoms with E-state index in [0.29, 0.717) is 5.57 Å². The van der Waals surface area contributed by atoms with Gasteiger partial charge in [-0.1, -0.05) is 67.6 Å². The molecule has 1 N–H and O–H groups in total. The second-order valence-electron chi connectivity index (χ2n) is 5.58. The molecule has 2 nitrogen and oxygen atoms in total. The maximum absolute atomic E-state index is 12.5. The zero-order valence-electron chi connectivity index (χ0n) is 12.2. The molecular formula is C19H18O2. The van der Waals surface area contributed by atoms with E-state index in [4.69, 9.17) is 0 Å². The van der Waals surface area contributed by atoms with Gasteiger partial charge < -0.3 is 5.11 Å². The molecule has 0 saturated heterocycles. The van der Waals surface area contributed by atoms with Gasteiger partial charge in [-0.05, 0) is 23.6 Å². The molecule has 0 unspecified atom stereocenters. The Hall–Kier alpha value is -2.19. The van der Waals surface area contributed by atoms with Crippen LogP contribution in [0.3, 0.4) is 0 Å². The third-order valence-corrected chi connectivity index (χ3v) is 4.42. The summed E-state index contributed by atoms with van der Waals surface area (Å²) in [5.41, 5.74) is 1.79. The van der Waals surface area contributed by atoms with Crippen LogP contribution >= 0.6 is 0 Å². The first-order chi connectivity index (χ1) is 10.1. The Morgan fingerprint density at radius 3 is 2.05 bits per heavy atom. The predicted octanol–water partition coefficient (Wildman–Crippen LogP) is 3.57. The molecule has 1 aliphatic carbocycles. The van der Waals surface area contributed by atoms with E-state index in [-0.39, 0.29) is 5.78 Å². The minimum Gasteiger partial charge on any atom is -0.380 e. The Morgan fingerprint density at radius 1 is 0.952 bits per heavy atom. The van der Waals surface area contributed by atoms with Gasteiger partial charge in [0, 0.05) is 5.57 Å². The highest BCUT2D eigenvalue weighted by molar-refractivity contribution is 6.11. The molecule has 2 atom stereocenters. The summed E-state index contributed by atoms with van der Waals surface area (Å²) < 4.78 is 0. The molecule has 2 heteroatoms. The van der Waals surface area contributed by atoms with Crippen LogP contribution in [0.15, 0.2) is 66.2 Å². The van der Waals surface area contributed by atoms with Crippen LogP contribution in [0.1, 0.15) is 25.0 Å². The lowest BCUT2D eigenvalue weighted by Gasteiger charge is -2.31. The summed E-state index contributed by atoms with van der Waals surface area (Å²) in [6.07, 6.45) is 0. The topological polar surface area (TPSA) is 37.3 Å². The molecule has 2 aromatic rings. The van der Waals surface area contributed by atoms with Gasteiger partial charge in [0.15, 0.2) is 5.78 Å². The zero-order valence-corrected chi connectivity index (χ0v) is 12.2. The van der Waals surface area contributed by atoms with Gasteiger partial charge in [-0.2, -0.15) is 0 Å². The van der Waals surface area contributed by atoms with Crippen molar-refractivity contribution in [3.63, 3.8) is 0 Å². The Bertz CT molecular complexity index is 701. The number of carbonyl (C=O) groups excluding carboxylic acids is 1. The largest absolute Gasteiger partial charge is 0.380 e. The molecule has 106 valence electrons. The van der Waals surface area contributed by atoms with Crippen molar-refractivity contribution in [2.75, 3.05) is 0 Å². The summed E-state index contributed by atoms with van der Waals surface area (Å²) in [7, 11) is 0. The van der Waals surface area contributed by atoms with Gasteiger partial charge in [0.05, 0.1) is 5.92 Å². The normalized spacial score (nSPS) is 25.5. The smallest absolute Gasteiger partial charge is 0.165 e. The van der Waals surface area contributed by atoms with Crippen molar-refractivity contribution >= 4 is 11.4 Å². The van der Waals surface area contributed by atoms with Gasteiger partial charge in [-0.15, -0.1) is 0 Å². The van der Waals surface area contributed by atoms with Crippen molar-refractivity contribution in [1.82, 2.24) is 0 Å². The number of hydrogen-bond donors (Lipinski definition) is 1. The highest BCUT2D eigenvalue weighted by Gasteiger charge is 2.50. The number of aliphatic hydroxyl groups is 1. The molecule has 0 heterocycles. The van der Waals surface area contributed by atoms with Crippen molar-refractivity contribution in [3.05, 3.63) is 77.4 Å². The van der Waals surface area contributed by atoms with E-state index in [0.717, 1.165) is 16.7 Å². The van der Waals surface area contributed by atoms with Gasteiger partial charge in [-0.25, -0.2) is 0 Å². The van der Waals surface area contributed by atoms with Crippen LogP contribution in [0.2, 0.25) is 0 Å². The molecule has 1 aliphatic rings. The number of allylic oxidation sites excluding steroid dienone is 1. The van der Waals surface area contributed by atoms with Crippen LogP contribution in [-0.4, -0.2) is 10.9 Å². The number of benzene rings is 2. The first-order valence-electron chi connectivity index (χ1n) is 7.15. The molecule has 0 radical (unpaired) electrons. The zero-order chi connectivity index (χ0) is 15.0. The van der Waals surface area contributed by atoms with Gasteiger partial charge in [-0.3, -0.25) is 4.79 Å². The van der Waals surface area contributed by atoms with Gasteiger partial charge in [0.2, 0.25) is 0 Å². The Balaban J connectivity index is 2.26. The maximum atomic E-state index is 12.5. The standard InChI is InChI=1S/C19H18O2/c1-13-17(15-9-5-3-6-10-15)19(21,14(2)18(13)20)16-11-7-4-8-12-16/h3-12,14,21H,1-2H3/t14-,19-/m0/s1. The first kappa shape index (κ1) is 13.8. The highest BCUT2D eigenvalue weighted by atomic mass is 16.3. The fraction of sp³-hybridized carbons (Fsp3) is 0.211. The maximum Gasteiger partial charge on any atom is 0.165 e. The molecule has 0 aliphatic heterocycles. The fourth-order valence-electron chi connectivity index (χ4n) is 3.27. The molecule has 21 heavy (non-hydrogen) atoms. The second kappa shape index (κ2) is 4.97. The van der Waals surface area contributed by atoms with Crippen LogP contribution < -0.4 is 0 Å². The Kier molecular flexibility index (Phi) is 3.26. The Labute approximate surface area is 124 Å². The lowest BCUT2D eigenvalue weighted by atomic mass is 9.78. The van der Waals surface area contributed by atoms with E-state index in [1.807, 2.05) is 67.6 Å². The Morgan fingerprint density at radius 2 is 1.48 bits per heavy atom. The molecule has 0 saturated carbocycles. The molecule has 0 bridgehead atoms. The number of Topliss-reactive ketones (excluding diaryl/α,β-unsaturated/α-hetero) is 1. The molecule has 0 aromatic heterocycles. The van der Waals surface area contributed by atoms with Crippen LogP contribution in [0.25, 0.3) is 5.57 Å². The number of hydrogen-bond acceptors (Lipinski definition) is 2. The number of rotatable bonds is 2. The van der Waals surface area contributed by atoms with Crippen molar-refractivity contribution in [2.45, 2.75) is 19.4 Å². The average molecular weight is 278 g/mol. The van der Waals surface area contributed by atoms with E-state index < -0.39 is 11.5 Å². The predicted molar refractivity (Wildman–Crippen MR) is 83.5 cm³/mol. The van der Waals surface area contributed by atoms with Crippen LogP contribution in [0, 0.1) is 5.92 Å². The third-order valence-electron chi connectivity index (χ3n) is 4.42. The van der Waals surface area contributed by atoms with Crippen LogP contribution in [0.5, 0.6) is 0 Å².